The number of anilines is 1. The van der Waals surface area contributed by atoms with Crippen molar-refractivity contribution in [2.75, 3.05) is 5.73 Å². The molecule has 0 unspecified atom stereocenters. The Bertz CT molecular complexity index is 430. The highest BCUT2D eigenvalue weighted by atomic mass is 15.3. The van der Waals surface area contributed by atoms with Crippen LogP contribution >= 0.6 is 0 Å². The molecule has 0 saturated heterocycles. The molecule has 0 aliphatic heterocycles. The average Bonchev–Trinajstić information content (AvgIpc) is 2.32. The lowest BCUT2D eigenvalue weighted by atomic mass is 10.4. The van der Waals surface area contributed by atoms with E-state index in [1.807, 2.05) is 19.9 Å². The summed E-state index contributed by atoms with van der Waals surface area (Å²) in [5, 5.41) is 4.24. The smallest absolute Gasteiger partial charge is 0.178 e. The minimum atomic E-state index is 0.665. The molecule has 2 heterocycles. The second kappa shape index (κ2) is 2.20. The van der Waals surface area contributed by atoms with Gasteiger partial charge in [0.05, 0.1) is 5.69 Å². The molecule has 4 nitrogen and oxygen atoms in total. The second-order valence-electron chi connectivity index (χ2n) is 2.82. The van der Waals surface area contributed by atoms with Crippen molar-refractivity contribution in [2.24, 2.45) is 0 Å². The average molecular weight is 162 g/mol. The fourth-order valence-electron chi connectivity index (χ4n) is 1.18. The second-order valence-corrected chi connectivity index (χ2v) is 2.82. The maximum absolute atomic E-state index is 5.76. The van der Waals surface area contributed by atoms with Gasteiger partial charge in [-0.25, -0.2) is 9.50 Å². The molecule has 2 rings (SSSR count). The maximum atomic E-state index is 5.76. The van der Waals surface area contributed by atoms with Crippen molar-refractivity contribution in [3.8, 4) is 0 Å². The van der Waals surface area contributed by atoms with Crippen molar-refractivity contribution >= 4 is 11.3 Å². The molecule has 0 aliphatic carbocycles. The van der Waals surface area contributed by atoms with Crippen LogP contribution in [0.1, 0.15) is 11.4 Å². The zero-order chi connectivity index (χ0) is 8.72. The van der Waals surface area contributed by atoms with E-state index < -0.39 is 0 Å². The zero-order valence-electron chi connectivity index (χ0n) is 7.07. The topological polar surface area (TPSA) is 56.2 Å². The monoisotopic (exact) mass is 162 g/mol. The first-order valence-electron chi connectivity index (χ1n) is 3.76. The van der Waals surface area contributed by atoms with Crippen LogP contribution in [-0.2, 0) is 0 Å². The van der Waals surface area contributed by atoms with Crippen LogP contribution in [0.5, 0.6) is 0 Å². The van der Waals surface area contributed by atoms with Crippen molar-refractivity contribution in [2.45, 2.75) is 13.8 Å². The number of nitrogens with two attached hydrogens (primary N) is 1. The highest BCUT2D eigenvalue weighted by Gasteiger charge is 2.06. The van der Waals surface area contributed by atoms with Crippen LogP contribution < -0.4 is 5.73 Å². The summed E-state index contributed by atoms with van der Waals surface area (Å²) in [6.07, 6.45) is 1.74. The van der Waals surface area contributed by atoms with Gasteiger partial charge in [-0.15, -0.1) is 0 Å². The number of hydrogen-bond donors (Lipinski definition) is 1. The molecule has 0 bridgehead atoms. The molecule has 0 aliphatic rings. The van der Waals surface area contributed by atoms with E-state index >= 15 is 0 Å². The third kappa shape index (κ3) is 0.777. The van der Waals surface area contributed by atoms with Gasteiger partial charge in [-0.2, -0.15) is 5.10 Å². The third-order valence-electron chi connectivity index (χ3n) is 1.93. The lowest BCUT2D eigenvalue weighted by Gasteiger charge is -1.95. The van der Waals surface area contributed by atoms with Crippen molar-refractivity contribution in [1.82, 2.24) is 14.6 Å². The van der Waals surface area contributed by atoms with Gasteiger partial charge in [-0.1, -0.05) is 0 Å². The van der Waals surface area contributed by atoms with Crippen molar-refractivity contribution < 1.29 is 0 Å². The lowest BCUT2D eigenvalue weighted by molar-refractivity contribution is 0.877. The van der Waals surface area contributed by atoms with Crippen LogP contribution in [0.4, 0.5) is 5.69 Å². The van der Waals surface area contributed by atoms with Crippen LogP contribution in [0, 0.1) is 13.8 Å². The van der Waals surface area contributed by atoms with E-state index in [1.165, 1.54) is 0 Å². The van der Waals surface area contributed by atoms with Crippen LogP contribution in [0.25, 0.3) is 5.65 Å². The summed E-state index contributed by atoms with van der Waals surface area (Å²) in [4.78, 5) is 4.14. The molecule has 0 fully saturated rings. The fourth-order valence-corrected chi connectivity index (χ4v) is 1.18. The summed E-state index contributed by atoms with van der Waals surface area (Å²) in [6.45, 7) is 3.85. The number of nitrogens with zero attached hydrogens (tertiary/aromatic N) is 3. The first-order chi connectivity index (χ1) is 5.70. The number of nitrogen functional groups attached to an aromatic ring is 1. The number of fused-ring (bicyclic) bond motifs is 1. The van der Waals surface area contributed by atoms with E-state index in [-0.39, 0.29) is 0 Å². The Morgan fingerprint density at radius 3 is 2.83 bits per heavy atom. The third-order valence-corrected chi connectivity index (χ3v) is 1.93. The van der Waals surface area contributed by atoms with Crippen LogP contribution in [0.2, 0.25) is 0 Å². The van der Waals surface area contributed by atoms with Gasteiger partial charge in [0, 0.05) is 11.9 Å². The SMILES string of the molecule is Cc1nn2c(C)ccnc2c1N. The number of aromatic nitrogens is 3. The van der Waals surface area contributed by atoms with Crippen molar-refractivity contribution in [1.29, 1.82) is 0 Å². The molecule has 2 N–H and O–H groups in total. The molecule has 0 radical (unpaired) electrons. The summed E-state index contributed by atoms with van der Waals surface area (Å²) in [5.41, 5.74) is 9.04. The first kappa shape index (κ1) is 7.09. The van der Waals surface area contributed by atoms with Gasteiger partial charge in [-0.05, 0) is 19.9 Å². The van der Waals surface area contributed by atoms with E-state index in [0.29, 0.717) is 5.69 Å². The lowest BCUT2D eigenvalue weighted by Crippen LogP contribution is -1.94. The molecule has 0 spiro atoms. The predicted molar refractivity (Wildman–Crippen MR) is 46.9 cm³/mol. The Hall–Kier alpha value is -1.58. The fraction of sp³-hybridized carbons (Fsp3) is 0.250. The maximum Gasteiger partial charge on any atom is 0.178 e. The largest absolute Gasteiger partial charge is 0.394 e. The molecular formula is C8H10N4. The molecule has 0 amide bonds. The number of aryl methyl sites for hydroxylation is 2. The molecule has 0 saturated carbocycles. The Kier molecular flexibility index (Phi) is 1.30. The summed E-state index contributed by atoms with van der Waals surface area (Å²) >= 11 is 0. The summed E-state index contributed by atoms with van der Waals surface area (Å²) in [5.74, 6) is 0. The molecule has 4 heteroatoms. The van der Waals surface area contributed by atoms with E-state index in [4.69, 9.17) is 5.73 Å². The Morgan fingerprint density at radius 2 is 2.17 bits per heavy atom. The number of rotatable bonds is 0. The van der Waals surface area contributed by atoms with E-state index in [2.05, 4.69) is 10.1 Å². The van der Waals surface area contributed by atoms with Gasteiger partial charge >= 0.3 is 0 Å². The highest BCUT2D eigenvalue weighted by Crippen LogP contribution is 2.15. The van der Waals surface area contributed by atoms with Gasteiger partial charge < -0.3 is 5.73 Å². The summed E-state index contributed by atoms with van der Waals surface area (Å²) in [7, 11) is 0. The van der Waals surface area contributed by atoms with Gasteiger partial charge in [0.1, 0.15) is 5.69 Å². The van der Waals surface area contributed by atoms with Gasteiger partial charge in [0.2, 0.25) is 0 Å². The normalized spacial score (nSPS) is 10.8. The van der Waals surface area contributed by atoms with E-state index in [1.54, 1.807) is 10.7 Å². The highest BCUT2D eigenvalue weighted by molar-refractivity contribution is 5.67. The van der Waals surface area contributed by atoms with Crippen molar-refractivity contribution in [3.63, 3.8) is 0 Å². The van der Waals surface area contributed by atoms with Crippen LogP contribution in [-0.4, -0.2) is 14.6 Å². The Morgan fingerprint density at radius 1 is 1.42 bits per heavy atom. The van der Waals surface area contributed by atoms with Crippen molar-refractivity contribution in [3.05, 3.63) is 23.7 Å². The summed E-state index contributed by atoms with van der Waals surface area (Å²) in [6, 6.07) is 1.90. The Balaban J connectivity index is 2.95. The molecule has 62 valence electrons. The van der Waals surface area contributed by atoms with Gasteiger partial charge in [0.15, 0.2) is 5.65 Å². The zero-order valence-corrected chi connectivity index (χ0v) is 7.07. The van der Waals surface area contributed by atoms with E-state index in [0.717, 1.165) is 17.0 Å². The molecular weight excluding hydrogens is 152 g/mol. The van der Waals surface area contributed by atoms with E-state index in [9.17, 15) is 0 Å². The van der Waals surface area contributed by atoms with Crippen LogP contribution in [0.3, 0.4) is 0 Å². The molecule has 12 heavy (non-hydrogen) atoms. The number of hydrogen-bond acceptors (Lipinski definition) is 3. The molecule has 2 aromatic heterocycles. The first-order valence-corrected chi connectivity index (χ1v) is 3.76. The minimum absolute atomic E-state index is 0.665. The van der Waals surface area contributed by atoms with Gasteiger partial charge in [-0.3, -0.25) is 0 Å². The molecule has 0 aromatic carbocycles. The quantitative estimate of drug-likeness (QED) is 0.627. The predicted octanol–water partition coefficient (Wildman–Crippen LogP) is 0.928. The minimum Gasteiger partial charge on any atom is -0.394 e. The molecule has 2 aromatic rings. The Labute approximate surface area is 70.0 Å². The van der Waals surface area contributed by atoms with Gasteiger partial charge in [0.25, 0.3) is 0 Å². The summed E-state index contributed by atoms with van der Waals surface area (Å²) < 4.78 is 1.75. The van der Waals surface area contributed by atoms with Crippen LogP contribution in [0.15, 0.2) is 12.3 Å². The molecule has 0 atom stereocenters. The standard InChI is InChI=1S/C8H10N4/c1-5-3-4-10-8-7(9)6(2)11-12(5)8/h3-4H,9H2,1-2H3.